The smallest absolute Gasteiger partial charge is 0.119 e. The Balaban J connectivity index is 1.72. The van der Waals surface area contributed by atoms with Gasteiger partial charge in [-0.1, -0.05) is 12.1 Å². The first-order valence-corrected chi connectivity index (χ1v) is 6.39. The number of hydrogen-bond acceptors (Lipinski definition) is 3. The lowest BCUT2D eigenvalue weighted by Crippen LogP contribution is -2.50. The fourth-order valence-corrected chi connectivity index (χ4v) is 2.21. The van der Waals surface area contributed by atoms with E-state index < -0.39 is 0 Å². The molecule has 2 rings (SSSR count). The van der Waals surface area contributed by atoms with Crippen LogP contribution in [0.3, 0.4) is 0 Å². The van der Waals surface area contributed by atoms with Crippen LogP contribution in [0, 0.1) is 6.92 Å². The number of hydrogen-bond donors (Lipinski definition) is 1. The van der Waals surface area contributed by atoms with Gasteiger partial charge in [0.2, 0.25) is 0 Å². The fraction of sp³-hybridized carbons (Fsp3) is 0.571. The lowest BCUT2D eigenvalue weighted by molar-refractivity contribution is 0.170. The van der Waals surface area contributed by atoms with Gasteiger partial charge in [0.15, 0.2) is 0 Å². The van der Waals surface area contributed by atoms with Gasteiger partial charge in [-0.2, -0.15) is 0 Å². The predicted molar refractivity (Wildman–Crippen MR) is 70.6 cm³/mol. The number of ether oxygens (including phenoxy) is 1. The molecule has 17 heavy (non-hydrogen) atoms. The largest absolute Gasteiger partial charge is 0.492 e. The van der Waals surface area contributed by atoms with Crippen LogP contribution in [-0.4, -0.2) is 43.7 Å². The lowest BCUT2D eigenvalue weighted by Gasteiger charge is -2.31. The summed E-state index contributed by atoms with van der Waals surface area (Å²) in [4.78, 5) is 2.46. The molecular formula is C14H22N2O. The molecule has 1 atom stereocenters. The van der Waals surface area contributed by atoms with Gasteiger partial charge in [-0.25, -0.2) is 0 Å². The molecule has 0 bridgehead atoms. The summed E-state index contributed by atoms with van der Waals surface area (Å²) < 4.78 is 5.76. The Hall–Kier alpha value is -1.06. The van der Waals surface area contributed by atoms with E-state index in [0.717, 1.165) is 38.5 Å². The van der Waals surface area contributed by atoms with Crippen LogP contribution in [0.15, 0.2) is 24.3 Å². The summed E-state index contributed by atoms with van der Waals surface area (Å²) >= 11 is 0. The minimum Gasteiger partial charge on any atom is -0.492 e. The summed E-state index contributed by atoms with van der Waals surface area (Å²) in [7, 11) is 0. The highest BCUT2D eigenvalue weighted by Crippen LogP contribution is 2.12. The zero-order chi connectivity index (χ0) is 12.1. The Morgan fingerprint density at radius 1 is 1.47 bits per heavy atom. The molecule has 1 N–H and O–H groups in total. The number of piperazine rings is 1. The van der Waals surface area contributed by atoms with Gasteiger partial charge in [-0.05, 0) is 31.5 Å². The summed E-state index contributed by atoms with van der Waals surface area (Å²) in [6.45, 7) is 9.44. The van der Waals surface area contributed by atoms with Crippen molar-refractivity contribution in [1.29, 1.82) is 0 Å². The Morgan fingerprint density at radius 3 is 3.12 bits per heavy atom. The van der Waals surface area contributed by atoms with Gasteiger partial charge in [-0.15, -0.1) is 0 Å². The summed E-state index contributed by atoms with van der Waals surface area (Å²) in [5.41, 5.74) is 1.25. The Morgan fingerprint density at radius 2 is 2.35 bits per heavy atom. The minimum absolute atomic E-state index is 0.600. The molecule has 0 saturated carbocycles. The number of nitrogens with zero attached hydrogens (tertiary/aromatic N) is 1. The van der Waals surface area contributed by atoms with Crippen molar-refractivity contribution in [2.75, 3.05) is 32.8 Å². The third-order valence-electron chi connectivity index (χ3n) is 3.12. The molecule has 1 aromatic carbocycles. The monoisotopic (exact) mass is 234 g/mol. The molecule has 1 aliphatic heterocycles. The zero-order valence-corrected chi connectivity index (χ0v) is 10.8. The van der Waals surface area contributed by atoms with E-state index in [2.05, 4.69) is 36.2 Å². The molecule has 0 aromatic heterocycles. The summed E-state index contributed by atoms with van der Waals surface area (Å²) in [6.07, 6.45) is 0. The normalized spacial score (nSPS) is 21.4. The zero-order valence-electron chi connectivity index (χ0n) is 10.8. The van der Waals surface area contributed by atoms with Crippen molar-refractivity contribution in [3.63, 3.8) is 0 Å². The number of rotatable bonds is 4. The maximum Gasteiger partial charge on any atom is 0.119 e. The van der Waals surface area contributed by atoms with E-state index in [0.29, 0.717) is 6.04 Å². The van der Waals surface area contributed by atoms with Gasteiger partial charge in [0.25, 0.3) is 0 Å². The van der Waals surface area contributed by atoms with Crippen LogP contribution in [0.4, 0.5) is 0 Å². The van der Waals surface area contributed by atoms with Gasteiger partial charge in [0.05, 0.1) is 0 Å². The second-order valence-corrected chi connectivity index (χ2v) is 4.82. The molecule has 1 saturated heterocycles. The lowest BCUT2D eigenvalue weighted by atomic mass is 10.2. The highest BCUT2D eigenvalue weighted by molar-refractivity contribution is 5.27. The van der Waals surface area contributed by atoms with E-state index in [1.165, 1.54) is 5.56 Å². The minimum atomic E-state index is 0.600. The van der Waals surface area contributed by atoms with E-state index >= 15 is 0 Å². The first kappa shape index (κ1) is 12.4. The molecule has 3 heteroatoms. The topological polar surface area (TPSA) is 24.5 Å². The molecule has 0 spiro atoms. The highest BCUT2D eigenvalue weighted by Gasteiger charge is 2.14. The molecular weight excluding hydrogens is 212 g/mol. The van der Waals surface area contributed by atoms with Crippen molar-refractivity contribution >= 4 is 0 Å². The van der Waals surface area contributed by atoms with Gasteiger partial charge in [0, 0.05) is 32.2 Å². The second-order valence-electron chi connectivity index (χ2n) is 4.82. The molecule has 94 valence electrons. The molecule has 0 amide bonds. The first-order chi connectivity index (χ1) is 8.24. The van der Waals surface area contributed by atoms with Gasteiger partial charge < -0.3 is 10.1 Å². The number of aryl methyl sites for hydroxylation is 1. The van der Waals surface area contributed by atoms with Crippen LogP contribution in [0.25, 0.3) is 0 Å². The van der Waals surface area contributed by atoms with Crippen molar-refractivity contribution in [2.24, 2.45) is 0 Å². The number of nitrogens with one attached hydrogen (secondary N) is 1. The van der Waals surface area contributed by atoms with Crippen LogP contribution >= 0.6 is 0 Å². The Labute approximate surface area is 104 Å². The predicted octanol–water partition coefficient (Wildman–Crippen LogP) is 1.67. The summed E-state index contributed by atoms with van der Waals surface area (Å²) in [5, 5.41) is 3.45. The second kappa shape index (κ2) is 6.03. The molecule has 1 aliphatic rings. The highest BCUT2D eigenvalue weighted by atomic mass is 16.5. The van der Waals surface area contributed by atoms with E-state index in [1.54, 1.807) is 0 Å². The average molecular weight is 234 g/mol. The maximum atomic E-state index is 5.76. The summed E-state index contributed by atoms with van der Waals surface area (Å²) in [6, 6.07) is 8.83. The molecule has 1 aromatic rings. The molecule has 3 nitrogen and oxygen atoms in total. The van der Waals surface area contributed by atoms with Crippen LogP contribution < -0.4 is 10.1 Å². The van der Waals surface area contributed by atoms with E-state index in [-0.39, 0.29) is 0 Å². The van der Waals surface area contributed by atoms with Crippen LogP contribution in [0.1, 0.15) is 12.5 Å². The van der Waals surface area contributed by atoms with Gasteiger partial charge in [0.1, 0.15) is 12.4 Å². The van der Waals surface area contributed by atoms with Crippen molar-refractivity contribution < 1.29 is 4.74 Å². The molecule has 0 radical (unpaired) electrons. The van der Waals surface area contributed by atoms with Gasteiger partial charge >= 0.3 is 0 Å². The Bertz CT molecular complexity index is 354. The van der Waals surface area contributed by atoms with Crippen molar-refractivity contribution in [3.8, 4) is 5.75 Å². The quantitative estimate of drug-likeness (QED) is 0.857. The molecule has 0 aliphatic carbocycles. The standard InChI is InChI=1S/C14H22N2O/c1-12-4-3-5-14(10-12)17-9-8-16-7-6-15-13(2)11-16/h3-5,10,13,15H,6-9,11H2,1-2H3/t13-/m1/s1. The first-order valence-electron chi connectivity index (χ1n) is 6.39. The van der Waals surface area contributed by atoms with Gasteiger partial charge in [-0.3, -0.25) is 4.90 Å². The number of benzene rings is 1. The third-order valence-corrected chi connectivity index (χ3v) is 3.12. The Kier molecular flexibility index (Phi) is 4.40. The van der Waals surface area contributed by atoms with E-state index in [9.17, 15) is 0 Å². The molecule has 0 unspecified atom stereocenters. The fourth-order valence-electron chi connectivity index (χ4n) is 2.21. The van der Waals surface area contributed by atoms with Crippen LogP contribution in [0.5, 0.6) is 5.75 Å². The molecule has 1 fully saturated rings. The van der Waals surface area contributed by atoms with Crippen LogP contribution in [0.2, 0.25) is 0 Å². The van der Waals surface area contributed by atoms with Crippen molar-refractivity contribution in [3.05, 3.63) is 29.8 Å². The summed E-state index contributed by atoms with van der Waals surface area (Å²) in [5.74, 6) is 0.980. The van der Waals surface area contributed by atoms with E-state index in [4.69, 9.17) is 4.74 Å². The van der Waals surface area contributed by atoms with E-state index in [1.807, 2.05) is 12.1 Å². The maximum absolute atomic E-state index is 5.76. The van der Waals surface area contributed by atoms with Crippen molar-refractivity contribution in [2.45, 2.75) is 19.9 Å². The average Bonchev–Trinajstić information content (AvgIpc) is 2.29. The van der Waals surface area contributed by atoms with Crippen molar-refractivity contribution in [1.82, 2.24) is 10.2 Å². The SMILES string of the molecule is Cc1cccc(OCCN2CCN[C@H](C)C2)c1. The van der Waals surface area contributed by atoms with Crippen LogP contribution in [-0.2, 0) is 0 Å². The third kappa shape index (κ3) is 4.02. The molecule has 1 heterocycles.